The van der Waals surface area contributed by atoms with Gasteiger partial charge in [0.1, 0.15) is 5.69 Å². The van der Waals surface area contributed by atoms with Gasteiger partial charge in [-0.1, -0.05) is 46.4 Å². The van der Waals surface area contributed by atoms with Crippen LogP contribution in [0.2, 0.25) is 5.02 Å². The quantitative estimate of drug-likeness (QED) is 0.272. The number of fused-ring (bicyclic) bond motifs is 1. The van der Waals surface area contributed by atoms with E-state index in [9.17, 15) is 24.5 Å². The average molecular weight is 630 g/mol. The van der Waals surface area contributed by atoms with E-state index in [1.54, 1.807) is 24.4 Å². The van der Waals surface area contributed by atoms with Crippen molar-refractivity contribution in [2.75, 3.05) is 25.0 Å². The molecule has 0 bridgehead atoms. The van der Waals surface area contributed by atoms with Crippen LogP contribution in [0.1, 0.15) is 46.4 Å². The van der Waals surface area contributed by atoms with Gasteiger partial charge in [-0.05, 0) is 36.4 Å². The van der Waals surface area contributed by atoms with E-state index in [2.05, 4.69) is 36.9 Å². The molecule has 3 amide bonds. The summed E-state index contributed by atoms with van der Waals surface area (Å²) in [4.78, 5) is 55.9. The lowest BCUT2D eigenvalue weighted by Gasteiger charge is -2.34. The number of carbonyl (C=O) groups is 3. The molecular formula is C27H26BrClN6O5. The van der Waals surface area contributed by atoms with Gasteiger partial charge in [0.25, 0.3) is 17.5 Å². The van der Waals surface area contributed by atoms with E-state index in [0.29, 0.717) is 39.8 Å². The summed E-state index contributed by atoms with van der Waals surface area (Å²) in [5.41, 5.74) is 0.274. The Labute approximate surface area is 242 Å². The molecule has 1 saturated carbocycles. The fourth-order valence-electron chi connectivity index (χ4n) is 5.28. The number of piperazine rings is 1. The van der Waals surface area contributed by atoms with Gasteiger partial charge in [0.2, 0.25) is 5.91 Å². The molecule has 3 aromatic rings. The van der Waals surface area contributed by atoms with E-state index in [0.717, 1.165) is 18.2 Å². The van der Waals surface area contributed by atoms with Crippen molar-refractivity contribution in [3.63, 3.8) is 0 Å². The first kappa shape index (κ1) is 27.8. The molecule has 2 aromatic carbocycles. The Hall–Kier alpha value is -3.77. The Morgan fingerprint density at radius 1 is 1.12 bits per heavy atom. The zero-order valence-electron chi connectivity index (χ0n) is 21.3. The maximum Gasteiger partial charge on any atom is 0.294 e. The highest BCUT2D eigenvalue weighted by Gasteiger charge is 2.33. The highest BCUT2D eigenvalue weighted by Crippen LogP contribution is 2.36. The summed E-state index contributed by atoms with van der Waals surface area (Å²) in [5, 5.41) is 23.1. The summed E-state index contributed by atoms with van der Waals surface area (Å²) in [6.45, 7) is 0.455. The van der Waals surface area contributed by atoms with Crippen molar-refractivity contribution in [3.05, 3.63) is 73.5 Å². The smallest absolute Gasteiger partial charge is 0.294 e. The normalized spacial score (nSPS) is 19.1. The van der Waals surface area contributed by atoms with Crippen LogP contribution in [0.15, 0.2) is 47.2 Å². The molecule has 11 nitrogen and oxygen atoms in total. The van der Waals surface area contributed by atoms with Crippen LogP contribution in [-0.2, 0) is 4.79 Å². The molecule has 1 aliphatic heterocycles. The lowest BCUT2D eigenvalue weighted by molar-refractivity contribution is -0.384. The zero-order chi connectivity index (χ0) is 28.4. The lowest BCUT2D eigenvalue weighted by Crippen LogP contribution is -2.50. The Morgan fingerprint density at radius 2 is 1.90 bits per heavy atom. The monoisotopic (exact) mass is 628 g/mol. The largest absolute Gasteiger partial charge is 0.374 e. The van der Waals surface area contributed by atoms with Crippen LogP contribution < -0.4 is 16.0 Å². The van der Waals surface area contributed by atoms with Gasteiger partial charge in [0.05, 0.1) is 22.6 Å². The maximum atomic E-state index is 13.5. The van der Waals surface area contributed by atoms with Gasteiger partial charge >= 0.3 is 0 Å². The molecule has 5 rings (SSSR count). The standard InChI is InChI=1S/C27H26BrClN6O5/c28-16-10-19(27(38)34-8-7-31-24(36)14-34)25(23(11-16)35(39)40)32-21-3-1-2-4-22(21)33-26(37)20-13-30-12-15-9-17(29)5-6-18(15)20/h5-6,9-13,21-22,32H,1-4,7-8,14H2,(H,31,36)(H,33,37)/t21-,22+/m1/s1. The number of hydrogen-bond acceptors (Lipinski definition) is 7. The highest BCUT2D eigenvalue weighted by atomic mass is 79.9. The highest BCUT2D eigenvalue weighted by molar-refractivity contribution is 9.10. The van der Waals surface area contributed by atoms with Gasteiger partial charge in [-0.2, -0.15) is 0 Å². The fraction of sp³-hybridized carbons (Fsp3) is 0.333. The van der Waals surface area contributed by atoms with Crippen LogP contribution >= 0.6 is 27.5 Å². The number of rotatable bonds is 6. The summed E-state index contributed by atoms with van der Waals surface area (Å²) in [7, 11) is 0. The number of nitro groups is 1. The SMILES string of the molecule is O=C1CN(C(=O)c2cc(Br)cc([N+](=O)[O-])c2N[C@@H]2CCCC[C@@H]2NC(=O)c2cncc3cc(Cl)ccc23)CCN1. The molecule has 208 valence electrons. The lowest BCUT2D eigenvalue weighted by atomic mass is 9.89. The molecule has 1 aliphatic carbocycles. The van der Waals surface area contributed by atoms with Crippen molar-refractivity contribution in [2.24, 2.45) is 0 Å². The minimum atomic E-state index is -0.546. The predicted molar refractivity (Wildman–Crippen MR) is 154 cm³/mol. The molecule has 0 unspecified atom stereocenters. The third kappa shape index (κ3) is 5.87. The number of hydrogen-bond donors (Lipinski definition) is 3. The summed E-state index contributed by atoms with van der Waals surface area (Å²) in [6, 6.07) is 7.33. The average Bonchev–Trinajstić information content (AvgIpc) is 2.93. The van der Waals surface area contributed by atoms with Crippen molar-refractivity contribution >= 4 is 67.4 Å². The summed E-state index contributed by atoms with van der Waals surface area (Å²) in [6.07, 6.45) is 6.12. The number of benzene rings is 2. The van der Waals surface area contributed by atoms with Crippen LogP contribution in [-0.4, -0.2) is 64.2 Å². The second-order valence-electron chi connectivity index (χ2n) is 9.85. The van der Waals surface area contributed by atoms with Gasteiger partial charge in [-0.25, -0.2) is 0 Å². The van der Waals surface area contributed by atoms with Crippen LogP contribution in [0.5, 0.6) is 0 Å². The first-order chi connectivity index (χ1) is 19.2. The molecule has 2 heterocycles. The van der Waals surface area contributed by atoms with Crippen LogP contribution in [0, 0.1) is 10.1 Å². The number of nitrogens with one attached hydrogen (secondary N) is 3. The summed E-state index contributed by atoms with van der Waals surface area (Å²) >= 11 is 9.39. The molecule has 0 spiro atoms. The molecular weight excluding hydrogens is 604 g/mol. The van der Waals surface area contributed by atoms with Crippen molar-refractivity contribution in [1.29, 1.82) is 0 Å². The topological polar surface area (TPSA) is 147 Å². The zero-order valence-corrected chi connectivity index (χ0v) is 23.6. The van der Waals surface area contributed by atoms with Gasteiger partial charge in [-0.15, -0.1) is 0 Å². The molecule has 1 saturated heterocycles. The number of amides is 3. The van der Waals surface area contributed by atoms with E-state index in [-0.39, 0.29) is 53.9 Å². The van der Waals surface area contributed by atoms with Crippen LogP contribution in [0.3, 0.4) is 0 Å². The number of nitro benzene ring substituents is 1. The van der Waals surface area contributed by atoms with Crippen LogP contribution in [0.4, 0.5) is 11.4 Å². The van der Waals surface area contributed by atoms with E-state index in [1.807, 2.05) is 0 Å². The molecule has 3 N–H and O–H groups in total. The third-order valence-electron chi connectivity index (χ3n) is 7.21. The Morgan fingerprint density at radius 3 is 2.65 bits per heavy atom. The first-order valence-corrected chi connectivity index (χ1v) is 14.0. The Balaban J connectivity index is 1.45. The number of carbonyl (C=O) groups excluding carboxylic acids is 3. The van der Waals surface area contributed by atoms with Gasteiger partial charge in [0, 0.05) is 58.5 Å². The first-order valence-electron chi connectivity index (χ1n) is 12.9. The number of halogens is 2. The molecule has 2 atom stereocenters. The maximum absolute atomic E-state index is 13.5. The fourth-order valence-corrected chi connectivity index (χ4v) is 5.90. The van der Waals surface area contributed by atoms with Crippen molar-refractivity contribution in [2.45, 2.75) is 37.8 Å². The molecule has 0 radical (unpaired) electrons. The second-order valence-corrected chi connectivity index (χ2v) is 11.2. The molecule has 2 fully saturated rings. The minimum absolute atomic E-state index is 0.0665. The molecule has 1 aromatic heterocycles. The number of aromatic nitrogens is 1. The van der Waals surface area contributed by atoms with Gasteiger partial charge < -0.3 is 20.9 Å². The Kier molecular flexibility index (Phi) is 8.17. The molecule has 40 heavy (non-hydrogen) atoms. The minimum Gasteiger partial charge on any atom is -0.374 e. The molecule has 13 heteroatoms. The van der Waals surface area contributed by atoms with Crippen molar-refractivity contribution < 1.29 is 19.3 Å². The summed E-state index contributed by atoms with van der Waals surface area (Å²) in [5.74, 6) is -1.10. The summed E-state index contributed by atoms with van der Waals surface area (Å²) < 4.78 is 0.367. The number of pyridine rings is 1. The number of anilines is 1. The van der Waals surface area contributed by atoms with E-state index in [1.165, 1.54) is 23.2 Å². The van der Waals surface area contributed by atoms with E-state index < -0.39 is 10.8 Å². The van der Waals surface area contributed by atoms with E-state index >= 15 is 0 Å². The van der Waals surface area contributed by atoms with Crippen LogP contribution in [0.25, 0.3) is 10.8 Å². The second kappa shape index (κ2) is 11.8. The molecule has 2 aliphatic rings. The van der Waals surface area contributed by atoms with Crippen molar-refractivity contribution in [3.8, 4) is 0 Å². The van der Waals surface area contributed by atoms with Gasteiger partial charge in [-0.3, -0.25) is 29.5 Å². The Bertz CT molecular complexity index is 1520. The van der Waals surface area contributed by atoms with Gasteiger partial charge in [0.15, 0.2) is 0 Å². The van der Waals surface area contributed by atoms with Crippen molar-refractivity contribution in [1.82, 2.24) is 20.5 Å². The predicted octanol–water partition coefficient (Wildman–Crippen LogP) is 4.28. The number of nitrogens with zero attached hydrogens (tertiary/aromatic N) is 3. The van der Waals surface area contributed by atoms with E-state index in [4.69, 9.17) is 11.6 Å². The third-order valence-corrected chi connectivity index (χ3v) is 7.91.